The number of hydrogen-bond acceptors (Lipinski definition) is 4. The first-order valence-corrected chi connectivity index (χ1v) is 9.65. The third-order valence-electron chi connectivity index (χ3n) is 5.42. The Balaban J connectivity index is 1.64. The van der Waals surface area contributed by atoms with Crippen LogP contribution in [0.2, 0.25) is 0 Å². The Morgan fingerprint density at radius 2 is 2.00 bits per heavy atom. The fourth-order valence-corrected chi connectivity index (χ4v) is 4.03. The van der Waals surface area contributed by atoms with Gasteiger partial charge in [-0.1, -0.05) is 18.2 Å². The molecule has 0 radical (unpaired) electrons. The highest BCUT2D eigenvalue weighted by atomic mass is 16.5. The lowest BCUT2D eigenvalue weighted by Crippen LogP contribution is -2.47. The van der Waals surface area contributed by atoms with Crippen molar-refractivity contribution in [2.24, 2.45) is 0 Å². The summed E-state index contributed by atoms with van der Waals surface area (Å²) in [6.07, 6.45) is 1.40. The normalized spacial score (nSPS) is 18.2. The number of fused-ring (bicyclic) bond motifs is 2. The number of carbonyl (C=O) groups is 3. The van der Waals surface area contributed by atoms with Gasteiger partial charge in [0.1, 0.15) is 18.3 Å². The van der Waals surface area contributed by atoms with Gasteiger partial charge in [-0.3, -0.25) is 14.4 Å². The van der Waals surface area contributed by atoms with Gasteiger partial charge in [0.2, 0.25) is 11.8 Å². The van der Waals surface area contributed by atoms with Crippen LogP contribution in [0.5, 0.6) is 5.75 Å². The van der Waals surface area contributed by atoms with Crippen molar-refractivity contribution in [1.82, 2.24) is 4.90 Å². The number of nitrogens with one attached hydrogen (secondary N) is 1. The minimum atomic E-state index is -0.517. The molecule has 0 spiro atoms. The third-order valence-corrected chi connectivity index (χ3v) is 5.42. The zero-order valence-electron chi connectivity index (χ0n) is 16.5. The van der Waals surface area contributed by atoms with E-state index >= 15 is 0 Å². The number of hydrogen-bond donors (Lipinski definition) is 1. The zero-order chi connectivity index (χ0) is 20.5. The Hall–Kier alpha value is -3.35. The number of para-hydroxylation sites is 1. The average Bonchev–Trinajstić information content (AvgIpc) is 3.18. The Morgan fingerprint density at radius 3 is 2.79 bits per heavy atom. The maximum atomic E-state index is 13.2. The Morgan fingerprint density at radius 1 is 1.21 bits per heavy atom. The zero-order valence-corrected chi connectivity index (χ0v) is 16.5. The Kier molecular flexibility index (Phi) is 4.96. The van der Waals surface area contributed by atoms with Gasteiger partial charge in [0.15, 0.2) is 0 Å². The monoisotopic (exact) mass is 393 g/mol. The van der Waals surface area contributed by atoms with E-state index in [-0.39, 0.29) is 24.3 Å². The van der Waals surface area contributed by atoms with Gasteiger partial charge in [-0.15, -0.1) is 0 Å². The van der Waals surface area contributed by atoms with Crippen LogP contribution in [0, 0.1) is 6.92 Å². The van der Waals surface area contributed by atoms with E-state index in [1.54, 1.807) is 35.2 Å². The first-order chi connectivity index (χ1) is 14.0. The van der Waals surface area contributed by atoms with Gasteiger partial charge in [0.25, 0.3) is 5.91 Å². The molecule has 0 saturated carbocycles. The highest BCUT2D eigenvalue weighted by Gasteiger charge is 2.42. The molecule has 2 aliphatic heterocycles. The molecule has 0 unspecified atom stereocenters. The number of nitrogens with zero attached hydrogens (tertiary/aromatic N) is 2. The predicted octanol–water partition coefficient (Wildman–Crippen LogP) is 2.59. The van der Waals surface area contributed by atoms with Crippen molar-refractivity contribution in [3.05, 3.63) is 53.6 Å². The van der Waals surface area contributed by atoms with Crippen LogP contribution in [-0.4, -0.2) is 48.9 Å². The number of ether oxygens (including phenoxy) is 1. The molecule has 2 aliphatic rings. The quantitative estimate of drug-likeness (QED) is 0.866. The number of carbonyl (C=O) groups excluding carboxylic acids is 3. The molecule has 4 rings (SSSR count). The van der Waals surface area contributed by atoms with Crippen molar-refractivity contribution in [3.8, 4) is 5.75 Å². The number of aryl methyl sites for hydroxylation is 1. The van der Waals surface area contributed by atoms with Crippen LogP contribution in [0.25, 0.3) is 0 Å². The fourth-order valence-electron chi connectivity index (χ4n) is 4.03. The molecule has 1 atom stereocenters. The molecule has 3 amide bonds. The van der Waals surface area contributed by atoms with Crippen molar-refractivity contribution >= 4 is 29.1 Å². The van der Waals surface area contributed by atoms with Crippen molar-refractivity contribution < 1.29 is 19.1 Å². The Bertz CT molecular complexity index is 988. The average molecular weight is 393 g/mol. The molecule has 150 valence electrons. The second kappa shape index (κ2) is 7.58. The SMILES string of the molecule is COc1ccc(C)cc1NC(=O)CN1C(=O)[C@H]2CCCN2C(=O)c2ccccc21. The molecule has 2 aromatic rings. The third kappa shape index (κ3) is 3.44. The molecule has 2 aromatic carbocycles. The first-order valence-electron chi connectivity index (χ1n) is 9.65. The standard InChI is InChI=1S/C22H23N3O4/c1-14-9-10-19(29-2)16(12-14)23-20(26)13-25-17-7-4-3-6-15(17)21(27)24-11-5-8-18(24)22(25)28/h3-4,6-7,9-10,12,18H,5,8,11,13H2,1-2H3,(H,23,26)/t18-/m1/s1. The molecule has 0 bridgehead atoms. The van der Waals surface area contributed by atoms with Crippen molar-refractivity contribution in [3.63, 3.8) is 0 Å². The largest absolute Gasteiger partial charge is 0.495 e. The van der Waals surface area contributed by atoms with Crippen molar-refractivity contribution in [2.45, 2.75) is 25.8 Å². The van der Waals surface area contributed by atoms with E-state index in [4.69, 9.17) is 4.74 Å². The van der Waals surface area contributed by atoms with Gasteiger partial charge >= 0.3 is 0 Å². The van der Waals surface area contributed by atoms with Crippen LogP contribution < -0.4 is 15.0 Å². The molecule has 29 heavy (non-hydrogen) atoms. The van der Waals surface area contributed by atoms with E-state index in [9.17, 15) is 14.4 Å². The lowest BCUT2D eigenvalue weighted by molar-refractivity contribution is -0.124. The van der Waals surface area contributed by atoms with Crippen LogP contribution in [0.3, 0.4) is 0 Å². The van der Waals surface area contributed by atoms with E-state index in [1.807, 2.05) is 19.1 Å². The summed E-state index contributed by atoms with van der Waals surface area (Å²) in [6, 6.07) is 11.9. The van der Waals surface area contributed by atoms with Gasteiger partial charge in [0.05, 0.1) is 24.0 Å². The second-order valence-electron chi connectivity index (χ2n) is 7.35. The molecular weight excluding hydrogens is 370 g/mol. The van der Waals surface area contributed by atoms with Crippen molar-refractivity contribution in [2.75, 3.05) is 30.4 Å². The van der Waals surface area contributed by atoms with Crippen LogP contribution in [0.1, 0.15) is 28.8 Å². The van der Waals surface area contributed by atoms with Gasteiger partial charge < -0.3 is 19.9 Å². The summed E-state index contributed by atoms with van der Waals surface area (Å²) < 4.78 is 5.31. The van der Waals surface area contributed by atoms with E-state index in [1.165, 1.54) is 12.0 Å². The summed E-state index contributed by atoms with van der Waals surface area (Å²) in [4.78, 5) is 42.1. The second-order valence-corrected chi connectivity index (χ2v) is 7.35. The molecule has 0 aliphatic carbocycles. The lowest BCUT2D eigenvalue weighted by atomic mass is 10.1. The van der Waals surface area contributed by atoms with Crippen LogP contribution in [0.15, 0.2) is 42.5 Å². The predicted molar refractivity (Wildman–Crippen MR) is 109 cm³/mol. The van der Waals surface area contributed by atoms with E-state index in [0.29, 0.717) is 35.7 Å². The minimum absolute atomic E-state index is 0.153. The summed E-state index contributed by atoms with van der Waals surface area (Å²) in [5.41, 5.74) is 2.45. The number of methoxy groups -OCH3 is 1. The maximum absolute atomic E-state index is 13.2. The minimum Gasteiger partial charge on any atom is -0.495 e. The number of rotatable bonds is 4. The number of amides is 3. The number of anilines is 2. The molecule has 1 saturated heterocycles. The van der Waals surface area contributed by atoms with Crippen LogP contribution in [0.4, 0.5) is 11.4 Å². The van der Waals surface area contributed by atoms with E-state index in [0.717, 1.165) is 12.0 Å². The fraction of sp³-hybridized carbons (Fsp3) is 0.318. The molecule has 7 nitrogen and oxygen atoms in total. The molecular formula is C22H23N3O4. The smallest absolute Gasteiger partial charge is 0.256 e. The highest BCUT2D eigenvalue weighted by Crippen LogP contribution is 2.32. The summed E-state index contributed by atoms with van der Waals surface area (Å²) in [5.74, 6) is -0.175. The molecule has 1 fully saturated rings. The molecule has 2 heterocycles. The molecule has 7 heteroatoms. The summed E-state index contributed by atoms with van der Waals surface area (Å²) in [5, 5.41) is 2.84. The molecule has 0 aromatic heterocycles. The first kappa shape index (κ1) is 19.0. The lowest BCUT2D eigenvalue weighted by Gasteiger charge is -2.25. The van der Waals surface area contributed by atoms with Gasteiger partial charge in [-0.2, -0.15) is 0 Å². The van der Waals surface area contributed by atoms with Gasteiger partial charge in [-0.05, 0) is 49.6 Å². The topological polar surface area (TPSA) is 79.0 Å². The molecule has 1 N–H and O–H groups in total. The highest BCUT2D eigenvalue weighted by molar-refractivity contribution is 6.13. The Labute approximate surface area is 169 Å². The summed E-state index contributed by atoms with van der Waals surface area (Å²) >= 11 is 0. The summed E-state index contributed by atoms with van der Waals surface area (Å²) in [7, 11) is 1.54. The van der Waals surface area contributed by atoms with Gasteiger partial charge in [0, 0.05) is 6.54 Å². The van der Waals surface area contributed by atoms with Crippen molar-refractivity contribution in [1.29, 1.82) is 0 Å². The number of benzene rings is 2. The van der Waals surface area contributed by atoms with E-state index in [2.05, 4.69) is 5.32 Å². The van der Waals surface area contributed by atoms with Crippen LogP contribution >= 0.6 is 0 Å². The van der Waals surface area contributed by atoms with E-state index < -0.39 is 6.04 Å². The maximum Gasteiger partial charge on any atom is 0.256 e. The summed E-state index contributed by atoms with van der Waals surface area (Å²) in [6.45, 7) is 2.30. The van der Waals surface area contributed by atoms with Gasteiger partial charge in [-0.25, -0.2) is 0 Å². The van der Waals surface area contributed by atoms with Crippen LogP contribution in [-0.2, 0) is 9.59 Å².